The highest BCUT2D eigenvalue weighted by Crippen LogP contribution is 2.32. The van der Waals surface area contributed by atoms with Crippen molar-refractivity contribution in [1.29, 1.82) is 0 Å². The Morgan fingerprint density at radius 2 is 2.00 bits per heavy atom. The second-order valence-corrected chi connectivity index (χ2v) is 9.57. The van der Waals surface area contributed by atoms with Crippen LogP contribution in [0.3, 0.4) is 0 Å². The van der Waals surface area contributed by atoms with Crippen LogP contribution in [0.5, 0.6) is 0 Å². The van der Waals surface area contributed by atoms with Crippen molar-refractivity contribution in [1.82, 2.24) is 19.9 Å². The number of carbonyl (C=O) groups is 2. The van der Waals surface area contributed by atoms with Crippen LogP contribution in [0, 0.1) is 5.92 Å². The lowest BCUT2D eigenvalue weighted by atomic mass is 9.91. The van der Waals surface area contributed by atoms with Gasteiger partial charge in [0.05, 0.1) is 21.7 Å². The fourth-order valence-corrected chi connectivity index (χ4v) is 4.87. The van der Waals surface area contributed by atoms with Gasteiger partial charge in [-0.15, -0.1) is 5.11 Å². The number of halogens is 2. The van der Waals surface area contributed by atoms with E-state index in [0.29, 0.717) is 59.9 Å². The van der Waals surface area contributed by atoms with Gasteiger partial charge in [0.1, 0.15) is 0 Å². The van der Waals surface area contributed by atoms with Crippen LogP contribution in [-0.4, -0.2) is 64.5 Å². The van der Waals surface area contributed by atoms with Gasteiger partial charge >= 0.3 is 0 Å². The Labute approximate surface area is 218 Å². The summed E-state index contributed by atoms with van der Waals surface area (Å²) in [5, 5.41) is 12.8. The minimum absolute atomic E-state index is 0.0442. The predicted octanol–water partition coefficient (Wildman–Crippen LogP) is 4.50. The molecule has 1 aromatic heterocycles. The van der Waals surface area contributed by atoms with Crippen LogP contribution < -0.4 is 0 Å². The summed E-state index contributed by atoms with van der Waals surface area (Å²) >= 11 is 12.3. The molecule has 1 aliphatic carbocycles. The van der Waals surface area contributed by atoms with Crippen molar-refractivity contribution in [2.45, 2.75) is 19.3 Å². The molecule has 186 valence electrons. The van der Waals surface area contributed by atoms with Gasteiger partial charge in [0.2, 0.25) is 17.6 Å². The maximum Gasteiger partial charge on any atom is 0.275 e. The molecule has 0 spiro atoms. The molecule has 1 aromatic carbocycles. The summed E-state index contributed by atoms with van der Waals surface area (Å²) in [6.45, 7) is 3.44. The molecule has 2 aliphatic heterocycles. The number of nitrogens with zero attached hydrogens (tertiary/aromatic N) is 6. The van der Waals surface area contributed by atoms with E-state index in [1.54, 1.807) is 18.2 Å². The van der Waals surface area contributed by atoms with E-state index in [1.165, 1.54) is 0 Å². The molecule has 1 atom stereocenters. The highest BCUT2D eigenvalue weighted by Gasteiger charge is 2.28. The van der Waals surface area contributed by atoms with Crippen LogP contribution in [0.25, 0.3) is 11.4 Å². The summed E-state index contributed by atoms with van der Waals surface area (Å²) in [5.41, 5.74) is 2.31. The van der Waals surface area contributed by atoms with Crippen molar-refractivity contribution < 1.29 is 14.1 Å². The quantitative estimate of drug-likeness (QED) is 0.548. The maximum absolute atomic E-state index is 12.9. The third-order valence-electron chi connectivity index (χ3n) is 6.42. The number of hydrogen-bond acceptors (Lipinski definition) is 7. The summed E-state index contributed by atoms with van der Waals surface area (Å²) < 4.78 is 5.33. The third kappa shape index (κ3) is 5.33. The molecular weight excluding hydrogens is 503 g/mol. The Hall–Kier alpha value is -3.14. The van der Waals surface area contributed by atoms with E-state index in [2.05, 4.69) is 25.3 Å². The molecule has 1 saturated heterocycles. The lowest BCUT2D eigenvalue weighted by molar-refractivity contribution is -0.131. The largest absolute Gasteiger partial charge is 0.341 e. The van der Waals surface area contributed by atoms with Gasteiger partial charge in [0.25, 0.3) is 5.91 Å². The van der Waals surface area contributed by atoms with E-state index in [4.69, 9.17) is 27.7 Å². The zero-order valence-corrected chi connectivity index (χ0v) is 21.0. The minimum Gasteiger partial charge on any atom is -0.341 e. The standard InChI is InChI=1S/C25H24Cl2N6O3/c26-19-8-3-7-18(23(19)27)24-28-21(36-31-24)9-10-22(34)33-12-4-11-32(13-14-33)15-20-16-5-1-2-6-17(16)25(35)30-29-20/h1-3,5-8,17H,4,9-15H2. The van der Waals surface area contributed by atoms with Crippen molar-refractivity contribution in [3.8, 4) is 11.4 Å². The zero-order valence-electron chi connectivity index (χ0n) is 19.4. The molecule has 0 saturated carbocycles. The zero-order chi connectivity index (χ0) is 25.1. The molecule has 1 unspecified atom stereocenters. The number of hydrogen-bond donors (Lipinski definition) is 0. The second-order valence-electron chi connectivity index (χ2n) is 8.79. The summed E-state index contributed by atoms with van der Waals surface area (Å²) in [5.74, 6) is 0.194. The number of amides is 2. The van der Waals surface area contributed by atoms with E-state index >= 15 is 0 Å². The van der Waals surface area contributed by atoms with Crippen LogP contribution in [0.1, 0.15) is 18.7 Å². The Bertz CT molecular complexity index is 1300. The molecule has 0 radical (unpaired) electrons. The van der Waals surface area contributed by atoms with Gasteiger partial charge in [-0.25, -0.2) is 0 Å². The number of fused-ring (bicyclic) bond motifs is 1. The first-order valence-corrected chi connectivity index (χ1v) is 12.6. The molecule has 11 heteroatoms. The van der Waals surface area contributed by atoms with E-state index in [9.17, 15) is 9.59 Å². The first-order valence-electron chi connectivity index (χ1n) is 11.8. The van der Waals surface area contributed by atoms with Gasteiger partial charge in [-0.2, -0.15) is 10.1 Å². The van der Waals surface area contributed by atoms with Crippen LogP contribution in [0.15, 0.2) is 68.5 Å². The SMILES string of the molecule is O=C1N=NC(CN2CCCN(C(=O)CCc3nc(-c4cccc(Cl)c4Cl)no3)CC2)=C2C=CC=CC12. The van der Waals surface area contributed by atoms with E-state index < -0.39 is 0 Å². The summed E-state index contributed by atoms with van der Waals surface area (Å²) in [6.07, 6.45) is 9.04. The lowest BCUT2D eigenvalue weighted by Crippen LogP contribution is -2.36. The van der Waals surface area contributed by atoms with Gasteiger partial charge in [0.15, 0.2) is 0 Å². The molecule has 9 nitrogen and oxygen atoms in total. The Morgan fingerprint density at radius 3 is 2.89 bits per heavy atom. The molecule has 5 rings (SSSR count). The Morgan fingerprint density at radius 1 is 1.11 bits per heavy atom. The number of carbonyl (C=O) groups excluding carboxylic acids is 2. The first-order chi connectivity index (χ1) is 17.5. The molecule has 3 heterocycles. The van der Waals surface area contributed by atoms with Crippen molar-refractivity contribution in [2.24, 2.45) is 16.1 Å². The average molecular weight is 527 g/mol. The lowest BCUT2D eigenvalue weighted by Gasteiger charge is -2.25. The topological polar surface area (TPSA) is 104 Å². The number of benzene rings is 1. The maximum atomic E-state index is 12.9. The van der Waals surface area contributed by atoms with Gasteiger partial charge in [-0.1, -0.05) is 58.7 Å². The summed E-state index contributed by atoms with van der Waals surface area (Å²) in [4.78, 5) is 33.5. The Balaban J connectivity index is 1.15. The summed E-state index contributed by atoms with van der Waals surface area (Å²) in [7, 11) is 0. The number of allylic oxidation sites excluding steroid dienone is 3. The van der Waals surface area contributed by atoms with Crippen molar-refractivity contribution in [3.63, 3.8) is 0 Å². The second kappa shape index (κ2) is 10.9. The molecule has 3 aliphatic rings. The van der Waals surface area contributed by atoms with Gasteiger partial charge in [0, 0.05) is 51.1 Å². The number of rotatable bonds is 6. The molecule has 0 bridgehead atoms. The van der Waals surface area contributed by atoms with Gasteiger partial charge < -0.3 is 9.42 Å². The van der Waals surface area contributed by atoms with Gasteiger partial charge in [-0.05, 0) is 24.1 Å². The summed E-state index contributed by atoms with van der Waals surface area (Å²) in [6, 6.07) is 5.22. The van der Waals surface area contributed by atoms with E-state index in [0.717, 1.165) is 24.2 Å². The predicted molar refractivity (Wildman–Crippen MR) is 134 cm³/mol. The van der Waals surface area contributed by atoms with Crippen molar-refractivity contribution in [2.75, 3.05) is 32.7 Å². The smallest absolute Gasteiger partial charge is 0.275 e. The molecule has 36 heavy (non-hydrogen) atoms. The van der Waals surface area contributed by atoms with Gasteiger partial charge in [-0.3, -0.25) is 14.5 Å². The monoisotopic (exact) mass is 526 g/mol. The average Bonchev–Trinajstić information content (AvgIpc) is 3.24. The van der Waals surface area contributed by atoms with Crippen LogP contribution in [0.2, 0.25) is 10.0 Å². The number of aromatic nitrogens is 2. The number of azo groups is 1. The molecule has 0 N–H and O–H groups in total. The normalized spacial score (nSPS) is 20.1. The van der Waals surface area contributed by atoms with Crippen LogP contribution in [0.4, 0.5) is 0 Å². The first kappa shape index (κ1) is 24.5. The van der Waals surface area contributed by atoms with E-state index in [1.807, 2.05) is 29.2 Å². The van der Waals surface area contributed by atoms with Crippen molar-refractivity contribution in [3.05, 3.63) is 69.7 Å². The molecule has 2 amide bonds. The highest BCUT2D eigenvalue weighted by atomic mass is 35.5. The molecular formula is C25H24Cl2N6O3. The van der Waals surface area contributed by atoms with Crippen molar-refractivity contribution >= 4 is 35.0 Å². The van der Waals surface area contributed by atoms with Crippen LogP contribution >= 0.6 is 23.2 Å². The minimum atomic E-state index is -0.340. The fourth-order valence-electron chi connectivity index (χ4n) is 4.49. The number of aryl methyl sites for hydroxylation is 1. The molecule has 2 aromatic rings. The third-order valence-corrected chi connectivity index (χ3v) is 7.24. The fraction of sp³-hybridized carbons (Fsp3) is 0.360. The van der Waals surface area contributed by atoms with Crippen LogP contribution in [-0.2, 0) is 16.0 Å². The van der Waals surface area contributed by atoms with E-state index in [-0.39, 0.29) is 24.2 Å². The Kier molecular flexibility index (Phi) is 7.41. The molecule has 1 fully saturated rings. The highest BCUT2D eigenvalue weighted by molar-refractivity contribution is 6.43.